The summed E-state index contributed by atoms with van der Waals surface area (Å²) in [5, 5.41) is 4.77. The van der Waals surface area contributed by atoms with Crippen LogP contribution in [0.3, 0.4) is 0 Å². The van der Waals surface area contributed by atoms with Crippen molar-refractivity contribution in [2.45, 2.75) is 25.8 Å². The summed E-state index contributed by atoms with van der Waals surface area (Å²) in [6, 6.07) is 3.87. The van der Waals surface area contributed by atoms with Crippen molar-refractivity contribution < 1.29 is 4.74 Å². The molecule has 3 rings (SSSR count). The molecule has 0 saturated heterocycles. The lowest BCUT2D eigenvalue weighted by Crippen LogP contribution is -2.29. The second kappa shape index (κ2) is 5.65. The first-order valence-electron chi connectivity index (χ1n) is 6.38. The quantitative estimate of drug-likeness (QED) is 0.669. The number of benzene rings is 1. The van der Waals surface area contributed by atoms with Crippen molar-refractivity contribution >= 4 is 23.1 Å². The number of rotatable bonds is 4. The fourth-order valence-corrected chi connectivity index (χ4v) is 3.47. The summed E-state index contributed by atoms with van der Waals surface area (Å²) in [6.07, 6.45) is 1.61. The van der Waals surface area contributed by atoms with Crippen LogP contribution in [0.5, 0.6) is 5.75 Å². The van der Waals surface area contributed by atoms with Crippen molar-refractivity contribution in [3.05, 3.63) is 38.9 Å². The van der Waals surface area contributed by atoms with Gasteiger partial charge in [0.1, 0.15) is 5.75 Å². The zero-order valence-electron chi connectivity index (χ0n) is 11.0. The molecule has 1 aromatic heterocycles. The summed E-state index contributed by atoms with van der Waals surface area (Å²) < 4.78 is 9.68. The minimum absolute atomic E-state index is 0.0400. The van der Waals surface area contributed by atoms with Crippen LogP contribution < -0.4 is 16.0 Å². The normalized spacial score (nSPS) is 14.9. The van der Waals surface area contributed by atoms with Crippen LogP contribution in [0.4, 0.5) is 0 Å². The molecule has 0 radical (unpaired) electrons. The summed E-state index contributed by atoms with van der Waals surface area (Å²) >= 11 is 7.54. The van der Waals surface area contributed by atoms with Crippen LogP contribution in [0.1, 0.15) is 27.7 Å². The zero-order valence-corrected chi connectivity index (χ0v) is 12.6. The van der Waals surface area contributed by atoms with Gasteiger partial charge in [-0.15, -0.1) is 5.10 Å². The minimum atomic E-state index is -0.0400. The van der Waals surface area contributed by atoms with E-state index in [2.05, 4.69) is 15.0 Å². The summed E-state index contributed by atoms with van der Waals surface area (Å²) in [5.74, 6) is 6.64. The van der Waals surface area contributed by atoms with Crippen LogP contribution in [-0.4, -0.2) is 16.2 Å². The maximum atomic E-state index is 6.18. The molecule has 0 aliphatic carbocycles. The summed E-state index contributed by atoms with van der Waals surface area (Å²) in [4.78, 5) is 1.04. The van der Waals surface area contributed by atoms with Crippen molar-refractivity contribution in [2.75, 3.05) is 6.61 Å². The van der Waals surface area contributed by atoms with Gasteiger partial charge in [-0.05, 0) is 48.1 Å². The summed E-state index contributed by atoms with van der Waals surface area (Å²) in [5.41, 5.74) is 5.98. The number of hydrogen-bond donors (Lipinski definition) is 2. The largest absolute Gasteiger partial charge is 0.493 e. The molecule has 0 saturated carbocycles. The molecule has 7 heteroatoms. The van der Waals surface area contributed by atoms with E-state index in [1.54, 1.807) is 0 Å². The number of nitrogens with two attached hydrogens (primary N) is 1. The van der Waals surface area contributed by atoms with Crippen LogP contribution in [0, 0.1) is 6.92 Å². The predicted molar refractivity (Wildman–Crippen MR) is 79.1 cm³/mol. The average molecular weight is 311 g/mol. The molecule has 1 unspecified atom stereocenters. The first-order valence-corrected chi connectivity index (χ1v) is 7.53. The number of hydrogen-bond acceptors (Lipinski definition) is 6. The van der Waals surface area contributed by atoms with Crippen LogP contribution >= 0.6 is 23.1 Å². The molecule has 0 spiro atoms. The van der Waals surface area contributed by atoms with Gasteiger partial charge in [-0.25, -0.2) is 0 Å². The Morgan fingerprint density at radius 1 is 1.55 bits per heavy atom. The third kappa shape index (κ3) is 2.52. The lowest BCUT2D eigenvalue weighted by atomic mass is 10.0. The lowest BCUT2D eigenvalue weighted by Gasteiger charge is -2.16. The van der Waals surface area contributed by atoms with Gasteiger partial charge in [0, 0.05) is 11.4 Å². The first kappa shape index (κ1) is 13.8. The Kier molecular flexibility index (Phi) is 3.89. The first-order chi connectivity index (χ1) is 9.69. The summed E-state index contributed by atoms with van der Waals surface area (Å²) in [6.45, 7) is 2.65. The molecule has 1 aliphatic heterocycles. The Morgan fingerprint density at radius 2 is 2.40 bits per heavy atom. The van der Waals surface area contributed by atoms with Crippen molar-refractivity contribution in [1.29, 1.82) is 0 Å². The van der Waals surface area contributed by atoms with Gasteiger partial charge in [-0.2, -0.15) is 0 Å². The fraction of sp³-hybridized carbons (Fsp3) is 0.385. The minimum Gasteiger partial charge on any atom is -0.493 e. The number of hydrazine groups is 1. The average Bonchev–Trinajstić information content (AvgIpc) is 3.04. The van der Waals surface area contributed by atoms with Crippen molar-refractivity contribution in [2.24, 2.45) is 5.84 Å². The summed E-state index contributed by atoms with van der Waals surface area (Å²) in [7, 11) is 0. The molecule has 0 bridgehead atoms. The highest BCUT2D eigenvalue weighted by molar-refractivity contribution is 7.05. The van der Waals surface area contributed by atoms with E-state index in [9.17, 15) is 0 Å². The number of halogens is 1. The van der Waals surface area contributed by atoms with E-state index in [1.165, 1.54) is 17.1 Å². The van der Waals surface area contributed by atoms with E-state index in [4.69, 9.17) is 22.2 Å². The third-order valence-corrected chi connectivity index (χ3v) is 4.61. The molecule has 1 aromatic carbocycles. The number of fused-ring (bicyclic) bond motifs is 1. The van der Waals surface area contributed by atoms with Gasteiger partial charge >= 0.3 is 0 Å². The smallest absolute Gasteiger partial charge is 0.125 e. The Hall–Kier alpha value is -1.21. The molecule has 3 N–H and O–H groups in total. The van der Waals surface area contributed by atoms with Crippen LogP contribution in [0.15, 0.2) is 12.1 Å². The monoisotopic (exact) mass is 310 g/mol. The van der Waals surface area contributed by atoms with Crippen LogP contribution in [0.25, 0.3) is 0 Å². The van der Waals surface area contributed by atoms with E-state index >= 15 is 0 Å². The topological polar surface area (TPSA) is 73.1 Å². The molecule has 1 atom stereocenters. The van der Waals surface area contributed by atoms with Crippen molar-refractivity contribution in [3.8, 4) is 5.75 Å². The van der Waals surface area contributed by atoms with Gasteiger partial charge in [-0.3, -0.25) is 11.3 Å². The zero-order chi connectivity index (χ0) is 14.1. The molecule has 1 aliphatic rings. The maximum absolute atomic E-state index is 6.18. The number of ether oxygens (including phenoxy) is 1. The molecule has 5 nitrogen and oxygen atoms in total. The van der Waals surface area contributed by atoms with E-state index in [1.807, 2.05) is 19.1 Å². The van der Waals surface area contributed by atoms with E-state index < -0.39 is 0 Å². The molecule has 20 heavy (non-hydrogen) atoms. The Labute approximate surface area is 126 Å². The lowest BCUT2D eigenvalue weighted by molar-refractivity contribution is 0.351. The Bertz CT molecular complexity index is 631. The molecule has 2 heterocycles. The number of nitrogens with one attached hydrogen (secondary N) is 1. The van der Waals surface area contributed by atoms with E-state index in [0.717, 1.165) is 33.3 Å². The van der Waals surface area contributed by atoms with E-state index in [-0.39, 0.29) is 6.04 Å². The highest BCUT2D eigenvalue weighted by atomic mass is 35.5. The van der Waals surface area contributed by atoms with E-state index in [0.29, 0.717) is 13.0 Å². The number of aryl methyl sites for hydroxylation is 1. The molecule has 2 aromatic rings. The van der Waals surface area contributed by atoms with Gasteiger partial charge in [0.25, 0.3) is 0 Å². The predicted octanol–water partition coefficient (Wildman–Crippen LogP) is 2.18. The van der Waals surface area contributed by atoms with Gasteiger partial charge in [0.05, 0.1) is 23.2 Å². The second-order valence-corrected chi connectivity index (χ2v) is 6.02. The van der Waals surface area contributed by atoms with Gasteiger partial charge in [0.2, 0.25) is 0 Å². The van der Waals surface area contributed by atoms with Gasteiger partial charge in [-0.1, -0.05) is 16.1 Å². The highest BCUT2D eigenvalue weighted by Crippen LogP contribution is 2.35. The van der Waals surface area contributed by atoms with Gasteiger partial charge in [0.15, 0.2) is 0 Å². The molecular formula is C13H15ClN4OS. The van der Waals surface area contributed by atoms with Crippen LogP contribution in [-0.2, 0) is 12.8 Å². The fourth-order valence-electron chi connectivity index (χ4n) is 2.50. The second-order valence-electron chi connectivity index (χ2n) is 4.80. The Morgan fingerprint density at radius 3 is 3.10 bits per heavy atom. The van der Waals surface area contributed by atoms with Crippen molar-refractivity contribution in [3.63, 3.8) is 0 Å². The SMILES string of the molecule is Cc1nnsc1C(Cc1cc(Cl)cc2c1OCC2)NN. The molecule has 0 fully saturated rings. The highest BCUT2D eigenvalue weighted by Gasteiger charge is 2.22. The maximum Gasteiger partial charge on any atom is 0.125 e. The number of aromatic nitrogens is 2. The molecule has 106 valence electrons. The molecule has 0 amide bonds. The Balaban J connectivity index is 1.92. The number of nitrogens with zero attached hydrogens (tertiary/aromatic N) is 2. The standard InChI is InChI=1S/C13H15ClN4OS/c1-7-13(20-18-17-7)11(16-15)6-9-5-10(14)4-8-2-3-19-12(8)9/h4-5,11,16H,2-3,6,15H2,1H3. The third-order valence-electron chi connectivity index (χ3n) is 3.45. The van der Waals surface area contributed by atoms with Crippen molar-refractivity contribution in [1.82, 2.24) is 15.0 Å². The molecular weight excluding hydrogens is 296 g/mol. The van der Waals surface area contributed by atoms with Gasteiger partial charge < -0.3 is 4.74 Å². The van der Waals surface area contributed by atoms with Crippen LogP contribution in [0.2, 0.25) is 5.02 Å².